The van der Waals surface area contributed by atoms with Crippen molar-refractivity contribution in [1.82, 2.24) is 4.57 Å². The Labute approximate surface area is 174 Å². The van der Waals surface area contributed by atoms with Gasteiger partial charge in [0.1, 0.15) is 0 Å². The number of ketones is 1. The fourth-order valence-electron chi connectivity index (χ4n) is 3.42. The molecule has 0 amide bonds. The summed E-state index contributed by atoms with van der Waals surface area (Å²) in [5.41, 5.74) is 3.34. The van der Waals surface area contributed by atoms with Crippen molar-refractivity contribution in [2.75, 3.05) is 31.2 Å². The van der Waals surface area contributed by atoms with Crippen molar-refractivity contribution in [3.05, 3.63) is 94.3 Å². The van der Waals surface area contributed by atoms with Crippen molar-refractivity contribution in [2.24, 2.45) is 0 Å². The normalized spacial score (nSPS) is 14.2. The first-order valence-electron chi connectivity index (χ1n) is 9.69. The number of nitrogens with zero attached hydrogens (tertiary/aromatic N) is 3. The number of ether oxygens (including phenoxy) is 1. The summed E-state index contributed by atoms with van der Waals surface area (Å²) >= 11 is 0. The highest BCUT2D eigenvalue weighted by molar-refractivity contribution is 6.06. The van der Waals surface area contributed by atoms with E-state index in [0.717, 1.165) is 43.4 Å². The van der Waals surface area contributed by atoms with Gasteiger partial charge >= 0.3 is 0 Å². The summed E-state index contributed by atoms with van der Waals surface area (Å²) < 4.78 is 7.24. The number of morpholine rings is 1. The van der Waals surface area contributed by atoms with Crippen molar-refractivity contribution >= 4 is 23.2 Å². The van der Waals surface area contributed by atoms with Gasteiger partial charge in [-0.1, -0.05) is 0 Å². The van der Waals surface area contributed by atoms with Crippen LogP contribution in [0, 0.1) is 10.1 Å². The summed E-state index contributed by atoms with van der Waals surface area (Å²) in [6, 6.07) is 17.6. The smallest absolute Gasteiger partial charge is 0.269 e. The number of nitro groups is 1. The molecule has 3 aromatic rings. The largest absolute Gasteiger partial charge is 0.378 e. The molecule has 7 nitrogen and oxygen atoms in total. The third kappa shape index (κ3) is 4.31. The summed E-state index contributed by atoms with van der Waals surface area (Å²) in [5.74, 6) is -0.0834. The fourth-order valence-corrected chi connectivity index (χ4v) is 3.42. The van der Waals surface area contributed by atoms with E-state index in [1.165, 1.54) is 12.1 Å². The van der Waals surface area contributed by atoms with E-state index in [4.69, 9.17) is 4.74 Å². The molecule has 1 aliphatic rings. The second-order valence-electron chi connectivity index (χ2n) is 6.92. The molecule has 7 heteroatoms. The van der Waals surface area contributed by atoms with E-state index >= 15 is 0 Å². The van der Waals surface area contributed by atoms with E-state index in [0.29, 0.717) is 5.56 Å². The van der Waals surface area contributed by atoms with Crippen LogP contribution in [0.15, 0.2) is 72.9 Å². The van der Waals surface area contributed by atoms with Crippen LogP contribution in [0.4, 0.5) is 11.4 Å². The number of allylic oxidation sites excluding steroid dienone is 1. The molecular formula is C23H21N3O4. The number of benzene rings is 2. The maximum Gasteiger partial charge on any atom is 0.269 e. The number of carbonyl (C=O) groups excluding carboxylic acids is 1. The summed E-state index contributed by atoms with van der Waals surface area (Å²) in [6.45, 7) is 3.15. The number of non-ortho nitro benzene ring substituents is 1. The van der Waals surface area contributed by atoms with Gasteiger partial charge in [0.25, 0.3) is 5.69 Å². The Balaban J connectivity index is 1.47. The van der Waals surface area contributed by atoms with Gasteiger partial charge in [-0.05, 0) is 60.7 Å². The third-order valence-corrected chi connectivity index (χ3v) is 5.05. The van der Waals surface area contributed by atoms with Crippen LogP contribution in [0.3, 0.4) is 0 Å². The lowest BCUT2D eigenvalue weighted by atomic mass is 10.1. The Morgan fingerprint density at radius 1 is 0.967 bits per heavy atom. The number of hydrogen-bond donors (Lipinski definition) is 0. The molecule has 0 radical (unpaired) electrons. The third-order valence-electron chi connectivity index (χ3n) is 5.05. The van der Waals surface area contributed by atoms with E-state index in [-0.39, 0.29) is 11.5 Å². The fraction of sp³-hybridized carbons (Fsp3) is 0.174. The molecule has 2 heterocycles. The average Bonchev–Trinajstić information content (AvgIpc) is 3.27. The van der Waals surface area contributed by atoms with Crippen LogP contribution in [0.5, 0.6) is 0 Å². The van der Waals surface area contributed by atoms with Gasteiger partial charge in [-0.25, -0.2) is 0 Å². The van der Waals surface area contributed by atoms with Crippen LogP contribution >= 0.6 is 0 Å². The summed E-state index contributed by atoms with van der Waals surface area (Å²) in [6.07, 6.45) is 5.14. The number of nitro benzene ring substituents is 1. The lowest BCUT2D eigenvalue weighted by Crippen LogP contribution is -2.36. The Morgan fingerprint density at radius 3 is 2.30 bits per heavy atom. The molecule has 0 atom stereocenters. The molecule has 0 bridgehead atoms. The molecule has 4 rings (SSSR count). The molecular weight excluding hydrogens is 382 g/mol. The van der Waals surface area contributed by atoms with Crippen molar-refractivity contribution in [3.8, 4) is 5.69 Å². The van der Waals surface area contributed by atoms with Crippen LogP contribution in [0.25, 0.3) is 11.8 Å². The van der Waals surface area contributed by atoms with E-state index in [9.17, 15) is 14.9 Å². The van der Waals surface area contributed by atoms with Gasteiger partial charge in [0.2, 0.25) is 0 Å². The van der Waals surface area contributed by atoms with E-state index in [1.54, 1.807) is 24.3 Å². The zero-order valence-corrected chi connectivity index (χ0v) is 16.3. The minimum Gasteiger partial charge on any atom is -0.378 e. The molecule has 0 unspecified atom stereocenters. The quantitative estimate of drug-likeness (QED) is 0.268. The second-order valence-corrected chi connectivity index (χ2v) is 6.92. The summed E-state index contributed by atoms with van der Waals surface area (Å²) in [7, 11) is 0. The van der Waals surface area contributed by atoms with Gasteiger partial charge in [-0.2, -0.15) is 0 Å². The monoisotopic (exact) mass is 403 g/mol. The predicted octanol–water partition coefficient (Wildman–Crippen LogP) is 4.12. The zero-order chi connectivity index (χ0) is 20.9. The maximum absolute atomic E-state index is 12.6. The SMILES string of the molecule is O=C(/C=C/c1cccn1-c1ccc([N+](=O)[O-])cc1)c1ccc(N2CCOCC2)cc1. The van der Waals surface area contributed by atoms with E-state index in [2.05, 4.69) is 4.90 Å². The molecule has 30 heavy (non-hydrogen) atoms. The first-order chi connectivity index (χ1) is 14.6. The Bertz CT molecular complexity index is 1060. The highest BCUT2D eigenvalue weighted by atomic mass is 16.6. The maximum atomic E-state index is 12.6. The summed E-state index contributed by atoms with van der Waals surface area (Å²) in [5, 5.41) is 10.8. The van der Waals surface area contributed by atoms with Gasteiger partial charge in [0.05, 0.1) is 18.1 Å². The molecule has 0 saturated carbocycles. The van der Waals surface area contributed by atoms with Crippen LogP contribution in [0.1, 0.15) is 16.1 Å². The lowest BCUT2D eigenvalue weighted by molar-refractivity contribution is -0.384. The molecule has 1 saturated heterocycles. The van der Waals surface area contributed by atoms with Crippen molar-refractivity contribution in [1.29, 1.82) is 0 Å². The van der Waals surface area contributed by atoms with Crippen LogP contribution in [-0.4, -0.2) is 41.6 Å². The Hall–Kier alpha value is -3.71. The molecule has 1 aromatic heterocycles. The number of rotatable bonds is 6. The number of hydrogen-bond acceptors (Lipinski definition) is 5. The number of carbonyl (C=O) groups is 1. The van der Waals surface area contributed by atoms with Crippen LogP contribution in [0.2, 0.25) is 0 Å². The summed E-state index contributed by atoms with van der Waals surface area (Å²) in [4.78, 5) is 25.2. The first-order valence-corrected chi connectivity index (χ1v) is 9.69. The zero-order valence-electron chi connectivity index (χ0n) is 16.3. The van der Waals surface area contributed by atoms with Crippen LogP contribution < -0.4 is 4.90 Å². The number of aromatic nitrogens is 1. The lowest BCUT2D eigenvalue weighted by Gasteiger charge is -2.28. The molecule has 0 N–H and O–H groups in total. The van der Waals surface area contributed by atoms with Crippen LogP contribution in [-0.2, 0) is 4.74 Å². The average molecular weight is 403 g/mol. The highest BCUT2D eigenvalue weighted by Crippen LogP contribution is 2.20. The Kier molecular flexibility index (Phi) is 5.72. The van der Waals surface area contributed by atoms with Gasteiger partial charge in [0, 0.05) is 54.1 Å². The molecule has 1 fully saturated rings. The van der Waals surface area contributed by atoms with Gasteiger partial charge in [0.15, 0.2) is 5.78 Å². The van der Waals surface area contributed by atoms with Gasteiger partial charge in [-0.3, -0.25) is 14.9 Å². The van der Waals surface area contributed by atoms with Gasteiger partial charge < -0.3 is 14.2 Å². The Morgan fingerprint density at radius 2 is 1.63 bits per heavy atom. The minimum atomic E-state index is -0.427. The molecule has 1 aliphatic heterocycles. The van der Waals surface area contributed by atoms with E-state index < -0.39 is 4.92 Å². The molecule has 0 spiro atoms. The van der Waals surface area contributed by atoms with Crippen molar-refractivity contribution in [3.63, 3.8) is 0 Å². The number of anilines is 1. The second kappa shape index (κ2) is 8.75. The molecule has 152 valence electrons. The van der Waals surface area contributed by atoms with Crippen molar-refractivity contribution < 1.29 is 14.5 Å². The van der Waals surface area contributed by atoms with Gasteiger partial charge in [-0.15, -0.1) is 0 Å². The van der Waals surface area contributed by atoms with Crippen molar-refractivity contribution in [2.45, 2.75) is 0 Å². The molecule has 2 aromatic carbocycles. The first kappa shape index (κ1) is 19.6. The van der Waals surface area contributed by atoms with E-state index in [1.807, 2.05) is 47.2 Å². The highest BCUT2D eigenvalue weighted by Gasteiger charge is 2.12. The topological polar surface area (TPSA) is 77.6 Å². The standard InChI is InChI=1S/C23H21N3O4/c27-23(18-3-5-19(6-4-18)24-14-16-30-17-15-24)12-11-20-2-1-13-25(20)21-7-9-22(10-8-21)26(28)29/h1-13H,14-17H2/b12-11+. The predicted molar refractivity (Wildman–Crippen MR) is 115 cm³/mol. The molecule has 0 aliphatic carbocycles. The minimum absolute atomic E-state index is 0.0405.